The molecule has 0 saturated heterocycles. The zero-order valence-corrected chi connectivity index (χ0v) is 13.9. The highest BCUT2D eigenvalue weighted by atomic mass is 35.5. The van der Waals surface area contributed by atoms with Crippen LogP contribution in [0, 0.1) is 0 Å². The number of rotatable bonds is 5. The highest BCUT2D eigenvalue weighted by Crippen LogP contribution is 2.28. The Bertz CT molecular complexity index is 635. The number of amides is 1. The predicted octanol–water partition coefficient (Wildman–Crippen LogP) is 2.22. The molecule has 5 nitrogen and oxygen atoms in total. The molecule has 1 fully saturated rings. The number of halogens is 1. The Morgan fingerprint density at radius 3 is 2.61 bits per heavy atom. The van der Waals surface area contributed by atoms with E-state index in [1.54, 1.807) is 10.9 Å². The van der Waals surface area contributed by atoms with E-state index in [0.29, 0.717) is 13.0 Å². The van der Waals surface area contributed by atoms with Gasteiger partial charge in [-0.25, -0.2) is 4.68 Å². The smallest absolute Gasteiger partial charge is 0.225 e. The summed E-state index contributed by atoms with van der Waals surface area (Å²) in [6, 6.07) is 9.87. The van der Waals surface area contributed by atoms with Crippen molar-refractivity contribution >= 4 is 18.3 Å². The minimum Gasteiger partial charge on any atom is -0.349 e. The quantitative estimate of drug-likeness (QED) is 0.880. The van der Waals surface area contributed by atoms with Crippen LogP contribution in [0.25, 0.3) is 5.69 Å². The summed E-state index contributed by atoms with van der Waals surface area (Å²) in [5, 5.41) is 7.46. The fraction of sp³-hybridized carbons (Fsp3) is 0.412. The van der Waals surface area contributed by atoms with Gasteiger partial charge in [0.2, 0.25) is 5.91 Å². The summed E-state index contributed by atoms with van der Waals surface area (Å²) in [6.07, 6.45) is 8.24. The standard InChI is InChI=1S/C17H22N4O.ClH/c18-13-17(8-4-5-9-17)20-16(22)10-14-11-19-21(12-14)15-6-2-1-3-7-15;/h1-3,6-7,11-12H,4-5,8-10,13,18H2,(H,20,22);1H. The number of nitrogens with one attached hydrogen (secondary N) is 1. The maximum atomic E-state index is 12.3. The van der Waals surface area contributed by atoms with E-state index in [4.69, 9.17) is 5.73 Å². The maximum absolute atomic E-state index is 12.3. The van der Waals surface area contributed by atoms with Crippen molar-refractivity contribution in [2.45, 2.75) is 37.6 Å². The average Bonchev–Trinajstić information content (AvgIpc) is 3.18. The molecule has 1 heterocycles. The van der Waals surface area contributed by atoms with Gasteiger partial charge in [0.1, 0.15) is 0 Å². The summed E-state index contributed by atoms with van der Waals surface area (Å²) < 4.78 is 1.79. The second-order valence-corrected chi connectivity index (χ2v) is 6.05. The lowest BCUT2D eigenvalue weighted by Crippen LogP contribution is -2.52. The molecule has 0 spiro atoms. The molecule has 1 saturated carbocycles. The van der Waals surface area contributed by atoms with E-state index in [-0.39, 0.29) is 23.9 Å². The number of hydrogen-bond donors (Lipinski definition) is 2. The molecular formula is C17H23ClN4O. The number of nitrogens with zero attached hydrogens (tertiary/aromatic N) is 2. The van der Waals surface area contributed by atoms with Crippen molar-refractivity contribution in [3.63, 3.8) is 0 Å². The molecule has 6 heteroatoms. The van der Waals surface area contributed by atoms with Crippen LogP contribution in [0.2, 0.25) is 0 Å². The highest BCUT2D eigenvalue weighted by molar-refractivity contribution is 5.85. The van der Waals surface area contributed by atoms with E-state index in [2.05, 4.69) is 10.4 Å². The molecule has 0 aliphatic heterocycles. The fourth-order valence-electron chi connectivity index (χ4n) is 3.13. The largest absolute Gasteiger partial charge is 0.349 e. The summed E-state index contributed by atoms with van der Waals surface area (Å²) >= 11 is 0. The van der Waals surface area contributed by atoms with Crippen molar-refractivity contribution in [2.75, 3.05) is 6.54 Å². The van der Waals surface area contributed by atoms with Crippen LogP contribution in [0.5, 0.6) is 0 Å². The summed E-state index contributed by atoms with van der Waals surface area (Å²) in [5.74, 6) is 0.0277. The zero-order valence-electron chi connectivity index (χ0n) is 13.1. The first-order chi connectivity index (χ1) is 10.7. The SMILES string of the molecule is Cl.NCC1(NC(=O)Cc2cnn(-c3ccccc3)c2)CCCC1. The van der Waals surface area contributed by atoms with E-state index >= 15 is 0 Å². The second-order valence-electron chi connectivity index (χ2n) is 6.05. The van der Waals surface area contributed by atoms with E-state index < -0.39 is 0 Å². The third-order valence-electron chi connectivity index (χ3n) is 4.38. The first-order valence-corrected chi connectivity index (χ1v) is 7.81. The van der Waals surface area contributed by atoms with Crippen LogP contribution < -0.4 is 11.1 Å². The molecule has 1 aromatic carbocycles. The predicted molar refractivity (Wildman–Crippen MR) is 92.9 cm³/mol. The monoisotopic (exact) mass is 334 g/mol. The molecular weight excluding hydrogens is 312 g/mol. The Balaban J connectivity index is 0.00000192. The molecule has 1 amide bonds. The lowest BCUT2D eigenvalue weighted by atomic mass is 9.97. The highest BCUT2D eigenvalue weighted by Gasteiger charge is 2.33. The van der Waals surface area contributed by atoms with Gasteiger partial charge in [-0.15, -0.1) is 12.4 Å². The molecule has 1 aliphatic carbocycles. The van der Waals surface area contributed by atoms with Gasteiger partial charge in [-0.1, -0.05) is 31.0 Å². The van der Waals surface area contributed by atoms with Gasteiger partial charge < -0.3 is 11.1 Å². The Labute approximate surface area is 142 Å². The van der Waals surface area contributed by atoms with E-state index in [9.17, 15) is 4.79 Å². The number of carbonyl (C=O) groups excluding carboxylic acids is 1. The lowest BCUT2D eigenvalue weighted by molar-refractivity contribution is -0.122. The Morgan fingerprint density at radius 1 is 1.26 bits per heavy atom. The topological polar surface area (TPSA) is 72.9 Å². The van der Waals surface area contributed by atoms with E-state index in [1.807, 2.05) is 36.5 Å². The molecule has 0 bridgehead atoms. The Morgan fingerprint density at radius 2 is 1.96 bits per heavy atom. The summed E-state index contributed by atoms with van der Waals surface area (Å²) in [6.45, 7) is 0.516. The van der Waals surface area contributed by atoms with Gasteiger partial charge in [0.25, 0.3) is 0 Å². The molecule has 1 aromatic heterocycles. The van der Waals surface area contributed by atoms with Crippen LogP contribution in [0.15, 0.2) is 42.7 Å². The van der Waals surface area contributed by atoms with Gasteiger partial charge in [-0.2, -0.15) is 5.10 Å². The number of para-hydroxylation sites is 1. The lowest BCUT2D eigenvalue weighted by Gasteiger charge is -2.28. The van der Waals surface area contributed by atoms with Crippen LogP contribution in [0.4, 0.5) is 0 Å². The Hall–Kier alpha value is -1.85. The molecule has 0 atom stereocenters. The van der Waals surface area contributed by atoms with Crippen molar-refractivity contribution < 1.29 is 4.79 Å². The summed E-state index contributed by atoms with van der Waals surface area (Å²) in [4.78, 5) is 12.3. The molecule has 0 unspecified atom stereocenters. The molecule has 124 valence electrons. The minimum atomic E-state index is -0.188. The molecule has 3 N–H and O–H groups in total. The van der Waals surface area contributed by atoms with Gasteiger partial charge in [-0.3, -0.25) is 4.79 Å². The van der Waals surface area contributed by atoms with Crippen molar-refractivity contribution in [3.8, 4) is 5.69 Å². The van der Waals surface area contributed by atoms with Crippen LogP contribution in [0.1, 0.15) is 31.2 Å². The molecule has 3 rings (SSSR count). The number of carbonyl (C=O) groups is 1. The molecule has 2 aromatic rings. The summed E-state index contributed by atoms with van der Waals surface area (Å²) in [5.41, 5.74) is 7.57. The van der Waals surface area contributed by atoms with Gasteiger partial charge >= 0.3 is 0 Å². The normalized spacial score (nSPS) is 15.9. The van der Waals surface area contributed by atoms with E-state index in [0.717, 1.165) is 36.9 Å². The van der Waals surface area contributed by atoms with Gasteiger partial charge in [0.05, 0.1) is 23.8 Å². The second kappa shape index (κ2) is 7.62. The third kappa shape index (κ3) is 4.12. The van der Waals surface area contributed by atoms with Crippen LogP contribution in [-0.2, 0) is 11.2 Å². The number of benzene rings is 1. The molecule has 0 radical (unpaired) electrons. The summed E-state index contributed by atoms with van der Waals surface area (Å²) in [7, 11) is 0. The molecule has 23 heavy (non-hydrogen) atoms. The van der Waals surface area contributed by atoms with Gasteiger partial charge in [0.15, 0.2) is 0 Å². The Kier molecular flexibility index (Phi) is 5.80. The van der Waals surface area contributed by atoms with Crippen molar-refractivity contribution in [1.82, 2.24) is 15.1 Å². The fourth-order valence-corrected chi connectivity index (χ4v) is 3.13. The van der Waals surface area contributed by atoms with Crippen LogP contribution in [0.3, 0.4) is 0 Å². The van der Waals surface area contributed by atoms with Crippen molar-refractivity contribution in [2.24, 2.45) is 5.73 Å². The molecule has 1 aliphatic rings. The number of nitrogens with two attached hydrogens (primary N) is 1. The first-order valence-electron chi connectivity index (χ1n) is 7.81. The zero-order chi connectivity index (χ0) is 15.4. The number of aromatic nitrogens is 2. The number of hydrogen-bond acceptors (Lipinski definition) is 3. The van der Waals surface area contributed by atoms with Gasteiger partial charge in [0, 0.05) is 12.7 Å². The van der Waals surface area contributed by atoms with E-state index in [1.165, 1.54) is 0 Å². The van der Waals surface area contributed by atoms with Crippen LogP contribution >= 0.6 is 12.4 Å². The average molecular weight is 335 g/mol. The van der Waals surface area contributed by atoms with Crippen LogP contribution in [-0.4, -0.2) is 27.8 Å². The first kappa shape index (κ1) is 17.5. The minimum absolute atomic E-state index is 0. The van der Waals surface area contributed by atoms with Crippen molar-refractivity contribution in [1.29, 1.82) is 0 Å². The van der Waals surface area contributed by atoms with Gasteiger partial charge in [-0.05, 0) is 30.5 Å². The van der Waals surface area contributed by atoms with Crippen molar-refractivity contribution in [3.05, 3.63) is 48.3 Å². The maximum Gasteiger partial charge on any atom is 0.225 e. The third-order valence-corrected chi connectivity index (χ3v) is 4.38.